The van der Waals surface area contributed by atoms with Gasteiger partial charge in [0.05, 0.1) is 11.0 Å². The maximum Gasteiger partial charge on any atom is 0.433 e. The van der Waals surface area contributed by atoms with Crippen LogP contribution >= 0.6 is 0 Å². The van der Waals surface area contributed by atoms with Crippen LogP contribution in [0.3, 0.4) is 0 Å². The molecule has 0 fully saturated rings. The van der Waals surface area contributed by atoms with Gasteiger partial charge in [-0.05, 0) is 44.2 Å². The molecule has 0 spiro atoms. The van der Waals surface area contributed by atoms with Gasteiger partial charge in [0, 0.05) is 49.2 Å². The van der Waals surface area contributed by atoms with Crippen molar-refractivity contribution < 1.29 is 13.2 Å². The molecule has 4 nitrogen and oxygen atoms in total. The fourth-order valence-electron chi connectivity index (χ4n) is 3.77. The molecule has 7 heteroatoms. The summed E-state index contributed by atoms with van der Waals surface area (Å²) >= 11 is 0. The van der Waals surface area contributed by atoms with E-state index in [-0.39, 0.29) is 0 Å². The van der Waals surface area contributed by atoms with Crippen LogP contribution in [0.4, 0.5) is 13.2 Å². The Balaban J connectivity index is 1.64. The Morgan fingerprint density at radius 1 is 1.15 bits per heavy atom. The van der Waals surface area contributed by atoms with E-state index >= 15 is 0 Å². The van der Waals surface area contributed by atoms with E-state index in [1.807, 2.05) is 13.0 Å². The molecule has 0 atom stereocenters. The number of halogens is 3. The monoisotopic (exact) mass is 374 g/mol. The van der Waals surface area contributed by atoms with Gasteiger partial charge in [-0.3, -0.25) is 9.97 Å². The summed E-state index contributed by atoms with van der Waals surface area (Å²) in [6.07, 6.45) is -1.49. The fraction of sp³-hybridized carbons (Fsp3) is 0.400. The molecule has 0 radical (unpaired) electrons. The van der Waals surface area contributed by atoms with Gasteiger partial charge in [0.2, 0.25) is 0 Å². The van der Waals surface area contributed by atoms with Gasteiger partial charge in [-0.25, -0.2) is 0 Å². The Morgan fingerprint density at radius 2 is 1.96 bits per heavy atom. The summed E-state index contributed by atoms with van der Waals surface area (Å²) in [7, 11) is 2.11. The molecule has 1 aliphatic rings. The average Bonchev–Trinajstić information content (AvgIpc) is 2.92. The Hall–Kier alpha value is -2.41. The minimum absolute atomic E-state index is 0.630. The first kappa shape index (κ1) is 18.0. The molecule has 0 saturated heterocycles. The van der Waals surface area contributed by atoms with Gasteiger partial charge in [-0.2, -0.15) is 13.2 Å². The zero-order valence-electron chi connectivity index (χ0n) is 15.3. The maximum atomic E-state index is 12.7. The van der Waals surface area contributed by atoms with Crippen molar-refractivity contribution in [2.75, 3.05) is 13.6 Å². The van der Waals surface area contributed by atoms with Gasteiger partial charge in [-0.1, -0.05) is 6.07 Å². The number of fused-ring (bicyclic) bond motifs is 3. The third kappa shape index (κ3) is 3.43. The number of aromatic nitrogens is 3. The molecule has 0 aromatic carbocycles. The lowest BCUT2D eigenvalue weighted by Crippen LogP contribution is -2.27. The minimum Gasteiger partial charge on any atom is -0.343 e. The van der Waals surface area contributed by atoms with Crippen LogP contribution in [0, 0.1) is 6.92 Å². The Kier molecular flexibility index (Phi) is 4.42. The van der Waals surface area contributed by atoms with Crippen molar-refractivity contribution in [3.8, 4) is 0 Å². The average molecular weight is 374 g/mol. The normalized spacial score (nSPS) is 15.3. The van der Waals surface area contributed by atoms with E-state index in [2.05, 4.69) is 27.6 Å². The summed E-state index contributed by atoms with van der Waals surface area (Å²) in [6.45, 7) is 4.55. The first-order valence-corrected chi connectivity index (χ1v) is 9.01. The summed E-state index contributed by atoms with van der Waals surface area (Å²) in [5, 5.41) is 0. The molecule has 0 unspecified atom stereocenters. The summed E-state index contributed by atoms with van der Waals surface area (Å²) in [4.78, 5) is 10.6. The standard InChI is InChI=1S/C20H21F3N4/c1-13-3-5-17-19(25-13)15-12-26(2)9-8-16(15)27(17)10-7-14-4-6-18(24-11-14)20(21,22)23/h3-6,11H,7-10,12H2,1-2H3. The van der Waals surface area contributed by atoms with Crippen LogP contribution in [0.15, 0.2) is 30.5 Å². The number of aryl methyl sites for hydroxylation is 3. The molecule has 0 bridgehead atoms. The van der Waals surface area contributed by atoms with Crippen LogP contribution in [-0.2, 0) is 32.1 Å². The third-order valence-electron chi connectivity index (χ3n) is 5.16. The van der Waals surface area contributed by atoms with E-state index in [4.69, 9.17) is 4.98 Å². The predicted molar refractivity (Wildman–Crippen MR) is 97.5 cm³/mol. The first-order valence-electron chi connectivity index (χ1n) is 9.01. The number of rotatable bonds is 3. The highest BCUT2D eigenvalue weighted by molar-refractivity contribution is 5.82. The Morgan fingerprint density at radius 3 is 2.67 bits per heavy atom. The van der Waals surface area contributed by atoms with Crippen molar-refractivity contribution in [3.63, 3.8) is 0 Å². The van der Waals surface area contributed by atoms with Crippen molar-refractivity contribution in [1.29, 1.82) is 0 Å². The quantitative estimate of drug-likeness (QED) is 0.695. The number of pyridine rings is 2. The van der Waals surface area contributed by atoms with Gasteiger partial charge < -0.3 is 9.47 Å². The summed E-state index contributed by atoms with van der Waals surface area (Å²) in [5.74, 6) is 0. The molecule has 0 amide bonds. The summed E-state index contributed by atoms with van der Waals surface area (Å²) in [5.41, 5.74) is 5.64. The van der Waals surface area contributed by atoms with Gasteiger partial charge in [0.1, 0.15) is 5.69 Å². The van der Waals surface area contributed by atoms with Gasteiger partial charge >= 0.3 is 6.18 Å². The molecule has 0 saturated carbocycles. The molecule has 142 valence electrons. The number of hydrogen-bond donors (Lipinski definition) is 0. The number of nitrogens with zero attached hydrogens (tertiary/aromatic N) is 4. The fourth-order valence-corrected chi connectivity index (χ4v) is 3.77. The second-order valence-corrected chi connectivity index (χ2v) is 7.18. The lowest BCUT2D eigenvalue weighted by atomic mass is 10.1. The zero-order valence-corrected chi connectivity index (χ0v) is 15.3. The summed E-state index contributed by atoms with van der Waals surface area (Å²) in [6, 6.07) is 6.68. The smallest absolute Gasteiger partial charge is 0.343 e. The molecule has 4 heterocycles. The van der Waals surface area contributed by atoms with Crippen LogP contribution in [-0.4, -0.2) is 33.0 Å². The second-order valence-electron chi connectivity index (χ2n) is 7.18. The van der Waals surface area contributed by atoms with E-state index in [1.54, 1.807) is 0 Å². The lowest BCUT2D eigenvalue weighted by molar-refractivity contribution is -0.141. The Bertz CT molecular complexity index is 974. The first-order chi connectivity index (χ1) is 12.8. The van der Waals surface area contributed by atoms with Gasteiger partial charge in [0.15, 0.2) is 0 Å². The summed E-state index contributed by atoms with van der Waals surface area (Å²) < 4.78 is 40.3. The van der Waals surface area contributed by atoms with Crippen LogP contribution in [0.5, 0.6) is 0 Å². The molecular weight excluding hydrogens is 353 g/mol. The highest BCUT2D eigenvalue weighted by atomic mass is 19.4. The van der Waals surface area contributed by atoms with Gasteiger partial charge in [0.25, 0.3) is 0 Å². The van der Waals surface area contributed by atoms with Gasteiger partial charge in [-0.15, -0.1) is 0 Å². The maximum absolute atomic E-state index is 12.7. The second kappa shape index (κ2) is 6.64. The van der Waals surface area contributed by atoms with Crippen molar-refractivity contribution in [2.45, 2.75) is 39.0 Å². The highest BCUT2D eigenvalue weighted by Crippen LogP contribution is 2.30. The highest BCUT2D eigenvalue weighted by Gasteiger charge is 2.32. The Labute approximate surface area is 155 Å². The van der Waals surface area contributed by atoms with E-state index in [9.17, 15) is 13.2 Å². The minimum atomic E-state index is -4.40. The predicted octanol–water partition coefficient (Wildman–Crippen LogP) is 3.99. The molecule has 1 aliphatic heterocycles. The third-order valence-corrected chi connectivity index (χ3v) is 5.16. The van der Waals surface area contributed by atoms with E-state index in [0.29, 0.717) is 13.0 Å². The zero-order chi connectivity index (χ0) is 19.2. The molecule has 27 heavy (non-hydrogen) atoms. The molecular formula is C20H21F3N4. The largest absolute Gasteiger partial charge is 0.433 e. The van der Waals surface area contributed by atoms with Crippen LogP contribution in [0.25, 0.3) is 11.0 Å². The lowest BCUT2D eigenvalue weighted by Gasteiger charge is -2.24. The SMILES string of the molecule is Cc1ccc2c(n1)c1c(n2CCc2ccc(C(F)(F)F)nc2)CCN(C)C1. The molecule has 3 aromatic rings. The van der Waals surface area contributed by atoms with E-state index in [0.717, 1.165) is 47.9 Å². The number of alkyl halides is 3. The molecule has 3 aromatic heterocycles. The number of likely N-dealkylation sites (N-methyl/N-ethyl adjacent to an activating group) is 1. The van der Waals surface area contributed by atoms with Crippen molar-refractivity contribution in [2.24, 2.45) is 0 Å². The van der Waals surface area contributed by atoms with Crippen LogP contribution < -0.4 is 0 Å². The van der Waals surface area contributed by atoms with Crippen LogP contribution in [0.1, 0.15) is 28.2 Å². The molecule has 0 N–H and O–H groups in total. The van der Waals surface area contributed by atoms with E-state index < -0.39 is 11.9 Å². The van der Waals surface area contributed by atoms with Crippen molar-refractivity contribution in [1.82, 2.24) is 19.4 Å². The van der Waals surface area contributed by atoms with Crippen LogP contribution in [0.2, 0.25) is 0 Å². The van der Waals surface area contributed by atoms with Crippen molar-refractivity contribution >= 4 is 11.0 Å². The van der Waals surface area contributed by atoms with E-state index in [1.165, 1.54) is 23.5 Å². The van der Waals surface area contributed by atoms with Crippen molar-refractivity contribution in [3.05, 3.63) is 58.7 Å². The number of hydrogen-bond acceptors (Lipinski definition) is 3. The topological polar surface area (TPSA) is 34.0 Å². The molecule has 0 aliphatic carbocycles. The molecule has 4 rings (SSSR count).